The smallest absolute Gasteiger partial charge is 0.219 e. The molecule has 4 heteroatoms. The van der Waals surface area contributed by atoms with Gasteiger partial charge in [-0.3, -0.25) is 4.79 Å². The van der Waals surface area contributed by atoms with Crippen LogP contribution in [0.2, 0.25) is 0 Å². The maximum absolute atomic E-state index is 10.3. The summed E-state index contributed by atoms with van der Waals surface area (Å²) in [6, 6.07) is 0. The third kappa shape index (κ3) is 5.59. The Kier molecular flexibility index (Phi) is 7.48. The molecule has 0 aliphatic rings. The first-order chi connectivity index (χ1) is 3.68. The molecule has 0 saturated carbocycles. The van der Waals surface area contributed by atoms with E-state index < -0.39 is 0 Å². The molecule has 9 heavy (non-hydrogen) atoms. The van der Waals surface area contributed by atoms with Gasteiger partial charge in [-0.25, -0.2) is 0 Å². The van der Waals surface area contributed by atoms with Crippen molar-refractivity contribution in [3.05, 3.63) is 0 Å². The van der Waals surface area contributed by atoms with E-state index >= 15 is 0 Å². The number of aliphatic hydroxyl groups is 1. The summed E-state index contributed by atoms with van der Waals surface area (Å²) in [5.74, 6) is -0.0148. The number of amides is 1. The summed E-state index contributed by atoms with van der Waals surface area (Å²) in [7, 11) is 1.65. The Balaban J connectivity index is 0. The van der Waals surface area contributed by atoms with Gasteiger partial charge in [-0.05, 0) is 0 Å². The molecule has 0 aromatic heterocycles. The van der Waals surface area contributed by atoms with E-state index in [1.807, 2.05) is 0 Å². The van der Waals surface area contributed by atoms with Crippen molar-refractivity contribution >= 4 is 18.3 Å². The molecular formula is C5H12ClNO2. The molecule has 0 aliphatic carbocycles. The van der Waals surface area contributed by atoms with Crippen LogP contribution in [-0.4, -0.2) is 36.1 Å². The number of rotatable bonds is 2. The highest BCUT2D eigenvalue weighted by Gasteiger charge is 1.97. The third-order valence-corrected chi connectivity index (χ3v) is 0.973. The number of halogens is 1. The first-order valence-corrected chi connectivity index (χ1v) is 2.51. The van der Waals surface area contributed by atoms with E-state index in [0.29, 0.717) is 6.54 Å². The molecular weight excluding hydrogens is 142 g/mol. The summed E-state index contributed by atoms with van der Waals surface area (Å²) in [5, 5.41) is 8.29. The Morgan fingerprint density at radius 2 is 2.11 bits per heavy atom. The van der Waals surface area contributed by atoms with Crippen LogP contribution in [0, 0.1) is 0 Å². The lowest BCUT2D eigenvalue weighted by molar-refractivity contribution is -0.127. The predicted molar refractivity (Wildman–Crippen MR) is 37.6 cm³/mol. The van der Waals surface area contributed by atoms with Crippen molar-refractivity contribution < 1.29 is 9.90 Å². The van der Waals surface area contributed by atoms with Gasteiger partial charge in [0.05, 0.1) is 6.61 Å². The zero-order valence-corrected chi connectivity index (χ0v) is 6.44. The molecule has 56 valence electrons. The molecule has 0 saturated heterocycles. The molecule has 3 nitrogen and oxygen atoms in total. The first kappa shape index (κ1) is 11.5. The fourth-order valence-electron chi connectivity index (χ4n) is 0.307. The van der Waals surface area contributed by atoms with Crippen LogP contribution >= 0.6 is 12.4 Å². The molecule has 0 bridgehead atoms. The van der Waals surface area contributed by atoms with Crippen LogP contribution in [0.4, 0.5) is 0 Å². The van der Waals surface area contributed by atoms with Crippen LogP contribution in [0.3, 0.4) is 0 Å². The number of hydrogen-bond donors (Lipinski definition) is 1. The molecule has 0 unspecified atom stereocenters. The van der Waals surface area contributed by atoms with Crippen molar-refractivity contribution in [3.63, 3.8) is 0 Å². The lowest BCUT2D eigenvalue weighted by Gasteiger charge is -2.11. The lowest BCUT2D eigenvalue weighted by Crippen LogP contribution is -2.26. The van der Waals surface area contributed by atoms with Gasteiger partial charge in [0.1, 0.15) is 0 Å². The first-order valence-electron chi connectivity index (χ1n) is 2.51. The van der Waals surface area contributed by atoms with Crippen LogP contribution < -0.4 is 0 Å². The van der Waals surface area contributed by atoms with E-state index in [-0.39, 0.29) is 24.9 Å². The monoisotopic (exact) mass is 153 g/mol. The van der Waals surface area contributed by atoms with Gasteiger partial charge in [-0.2, -0.15) is 0 Å². The van der Waals surface area contributed by atoms with Crippen molar-refractivity contribution in [2.24, 2.45) is 0 Å². The van der Waals surface area contributed by atoms with Crippen LogP contribution in [0.25, 0.3) is 0 Å². The molecule has 0 spiro atoms. The highest BCUT2D eigenvalue weighted by Crippen LogP contribution is 1.79. The molecule has 0 aliphatic heterocycles. The Hall–Kier alpha value is -0.280. The zero-order chi connectivity index (χ0) is 6.57. The zero-order valence-electron chi connectivity index (χ0n) is 5.63. The van der Waals surface area contributed by atoms with Gasteiger partial charge >= 0.3 is 0 Å². The average molecular weight is 154 g/mol. The number of nitrogens with zero attached hydrogens (tertiary/aromatic N) is 1. The van der Waals surface area contributed by atoms with Crippen LogP contribution in [0.15, 0.2) is 0 Å². The Labute approximate surface area is 61.1 Å². The van der Waals surface area contributed by atoms with Crippen molar-refractivity contribution in [1.82, 2.24) is 4.90 Å². The molecule has 0 radical (unpaired) electrons. The number of likely N-dealkylation sites (N-methyl/N-ethyl adjacent to an activating group) is 1. The molecule has 0 aromatic rings. The van der Waals surface area contributed by atoms with Crippen LogP contribution in [0.1, 0.15) is 6.92 Å². The summed E-state index contributed by atoms with van der Waals surface area (Å²) in [6.45, 7) is 1.93. The average Bonchev–Trinajstić information content (AvgIpc) is 1.67. The summed E-state index contributed by atoms with van der Waals surface area (Å²) >= 11 is 0. The van der Waals surface area contributed by atoms with E-state index in [4.69, 9.17) is 5.11 Å². The van der Waals surface area contributed by atoms with Gasteiger partial charge in [-0.1, -0.05) is 0 Å². The van der Waals surface area contributed by atoms with Gasteiger partial charge in [0, 0.05) is 20.5 Å². The quantitative estimate of drug-likeness (QED) is 0.601. The van der Waals surface area contributed by atoms with Gasteiger partial charge in [0.2, 0.25) is 5.91 Å². The maximum atomic E-state index is 10.3. The minimum atomic E-state index is -0.0148. The van der Waals surface area contributed by atoms with Crippen LogP contribution in [0.5, 0.6) is 0 Å². The highest BCUT2D eigenvalue weighted by atomic mass is 35.5. The van der Waals surface area contributed by atoms with Crippen molar-refractivity contribution in [3.8, 4) is 0 Å². The molecule has 0 aromatic carbocycles. The van der Waals surface area contributed by atoms with E-state index in [1.54, 1.807) is 7.05 Å². The molecule has 1 N–H and O–H groups in total. The van der Waals surface area contributed by atoms with Gasteiger partial charge in [0.25, 0.3) is 0 Å². The van der Waals surface area contributed by atoms with E-state index in [9.17, 15) is 4.79 Å². The summed E-state index contributed by atoms with van der Waals surface area (Å²) < 4.78 is 0. The third-order valence-electron chi connectivity index (χ3n) is 0.973. The maximum Gasteiger partial charge on any atom is 0.219 e. The Morgan fingerprint density at radius 1 is 1.67 bits per heavy atom. The molecule has 0 atom stereocenters. The van der Waals surface area contributed by atoms with E-state index in [1.165, 1.54) is 11.8 Å². The second-order valence-electron chi connectivity index (χ2n) is 1.66. The van der Waals surface area contributed by atoms with E-state index in [2.05, 4.69) is 0 Å². The normalized spacial score (nSPS) is 7.89. The van der Waals surface area contributed by atoms with Gasteiger partial charge in [-0.15, -0.1) is 12.4 Å². The molecule has 0 heterocycles. The second-order valence-corrected chi connectivity index (χ2v) is 1.66. The number of carbonyl (C=O) groups is 1. The number of aliphatic hydroxyl groups excluding tert-OH is 1. The highest BCUT2D eigenvalue weighted by molar-refractivity contribution is 5.85. The molecule has 0 rings (SSSR count). The Bertz CT molecular complexity index is 87.0. The largest absolute Gasteiger partial charge is 0.395 e. The van der Waals surface area contributed by atoms with Crippen molar-refractivity contribution in [2.45, 2.75) is 6.92 Å². The summed E-state index contributed by atoms with van der Waals surface area (Å²) in [4.78, 5) is 11.8. The number of carbonyl (C=O) groups excluding carboxylic acids is 1. The SMILES string of the molecule is CC(=O)N(C)CCO.Cl. The van der Waals surface area contributed by atoms with Crippen LogP contribution in [-0.2, 0) is 4.79 Å². The minimum absolute atomic E-state index is 0. The number of hydrogen-bond acceptors (Lipinski definition) is 2. The fraction of sp³-hybridized carbons (Fsp3) is 0.800. The fourth-order valence-corrected chi connectivity index (χ4v) is 0.307. The predicted octanol–water partition coefficient (Wildman–Crippen LogP) is -0.121. The van der Waals surface area contributed by atoms with Gasteiger partial charge in [0.15, 0.2) is 0 Å². The van der Waals surface area contributed by atoms with Crippen molar-refractivity contribution in [2.75, 3.05) is 20.2 Å². The minimum Gasteiger partial charge on any atom is -0.395 e. The topological polar surface area (TPSA) is 40.5 Å². The molecule has 1 amide bonds. The summed E-state index contributed by atoms with van der Waals surface area (Å²) in [6.07, 6.45) is 0. The van der Waals surface area contributed by atoms with Gasteiger partial charge < -0.3 is 10.0 Å². The molecule has 0 fully saturated rings. The van der Waals surface area contributed by atoms with E-state index in [0.717, 1.165) is 0 Å². The summed E-state index contributed by atoms with van der Waals surface area (Å²) in [5.41, 5.74) is 0. The lowest BCUT2D eigenvalue weighted by atomic mass is 10.5. The standard InChI is InChI=1S/C5H11NO2.ClH/c1-5(8)6(2)3-4-7;/h7H,3-4H2,1-2H3;1H. The second kappa shape index (κ2) is 5.85. The van der Waals surface area contributed by atoms with Crippen molar-refractivity contribution in [1.29, 1.82) is 0 Å². The Morgan fingerprint density at radius 3 is 2.22 bits per heavy atom.